The third kappa shape index (κ3) is 15.1. The van der Waals surface area contributed by atoms with Crippen molar-refractivity contribution in [3.05, 3.63) is 58.7 Å². The average Bonchev–Trinajstić information content (AvgIpc) is 2.85. The second kappa shape index (κ2) is 19.8. The molecule has 1 fully saturated rings. The predicted molar refractivity (Wildman–Crippen MR) is 147 cm³/mol. The third-order valence-electron chi connectivity index (χ3n) is 5.77. The molecule has 2 N–H and O–H groups in total. The van der Waals surface area contributed by atoms with Crippen LogP contribution in [0.5, 0.6) is 11.5 Å². The Bertz CT molecular complexity index is 994. The zero-order valence-electron chi connectivity index (χ0n) is 23.2. The fourth-order valence-corrected chi connectivity index (χ4v) is 4.09. The molecule has 9 heteroatoms. The van der Waals surface area contributed by atoms with Gasteiger partial charge < -0.3 is 30.0 Å². The molecule has 2 unspecified atom stereocenters. The number of aryl methyl sites for hydroxylation is 2. The van der Waals surface area contributed by atoms with Crippen molar-refractivity contribution in [3.8, 4) is 11.5 Å². The van der Waals surface area contributed by atoms with E-state index in [0.29, 0.717) is 0 Å². The van der Waals surface area contributed by atoms with E-state index in [2.05, 4.69) is 13.8 Å². The minimum Gasteiger partial charge on any atom is -0.550 e. The van der Waals surface area contributed by atoms with Gasteiger partial charge in [-0.2, -0.15) is 0 Å². The Balaban J connectivity index is 0.00000142. The van der Waals surface area contributed by atoms with Crippen LogP contribution in [0.4, 0.5) is 0 Å². The Labute approximate surface area is 242 Å². The van der Waals surface area contributed by atoms with Crippen molar-refractivity contribution in [2.24, 2.45) is 9.98 Å². The summed E-state index contributed by atoms with van der Waals surface area (Å²) < 4.78 is 0. The van der Waals surface area contributed by atoms with Gasteiger partial charge in [0.05, 0.1) is 12.1 Å². The molecule has 3 rings (SSSR count). The number of aromatic hydroxyl groups is 2. The zero-order valence-corrected chi connectivity index (χ0v) is 24.2. The molecule has 1 aliphatic carbocycles. The van der Waals surface area contributed by atoms with E-state index in [-0.39, 0.29) is 40.4 Å². The van der Waals surface area contributed by atoms with Crippen molar-refractivity contribution >= 4 is 24.4 Å². The fraction of sp³-hybridized carbons (Fsp3) is 0.467. The van der Waals surface area contributed by atoms with Crippen molar-refractivity contribution < 1.29 is 46.8 Å². The monoisotopic (exact) mass is 583 g/mol. The van der Waals surface area contributed by atoms with E-state index in [1.165, 1.54) is 11.1 Å². The molecule has 0 spiro atoms. The summed E-state index contributed by atoms with van der Waals surface area (Å²) in [5.74, 6) is -1.63. The molecule has 0 heterocycles. The number of nitrogens with zero attached hydrogens (tertiary/aromatic N) is 2. The second-order valence-corrected chi connectivity index (χ2v) is 9.24. The summed E-state index contributed by atoms with van der Waals surface area (Å²) in [7, 11) is 0. The molecule has 8 nitrogen and oxygen atoms in total. The predicted octanol–water partition coefficient (Wildman–Crippen LogP) is 3.36. The minimum absolute atomic E-state index is 0. The SMILES string of the molecule is CC(=O)[O-].CC(=O)[O-].CCCc1ccc(O)c(C=NC2CCCCC2N=Cc2cc(CCC)ccc2O)c1.[Co+2]. The number of phenols is 2. The first-order chi connectivity index (χ1) is 18.1. The van der Waals surface area contributed by atoms with Gasteiger partial charge in [-0.15, -0.1) is 0 Å². The molecule has 1 aliphatic rings. The van der Waals surface area contributed by atoms with E-state index >= 15 is 0 Å². The van der Waals surface area contributed by atoms with E-state index in [1.54, 1.807) is 12.1 Å². The van der Waals surface area contributed by atoms with E-state index < -0.39 is 11.9 Å². The van der Waals surface area contributed by atoms with Crippen molar-refractivity contribution in [2.45, 2.75) is 91.1 Å². The van der Waals surface area contributed by atoms with Gasteiger partial charge in [-0.25, -0.2) is 0 Å². The maximum atomic E-state index is 10.2. The Morgan fingerprint density at radius 3 is 1.44 bits per heavy atom. The van der Waals surface area contributed by atoms with Gasteiger partial charge in [0.2, 0.25) is 0 Å². The van der Waals surface area contributed by atoms with E-state index in [1.807, 2.05) is 36.7 Å². The summed E-state index contributed by atoms with van der Waals surface area (Å²) in [6, 6.07) is 11.7. The maximum absolute atomic E-state index is 10.2. The molecule has 1 radical (unpaired) electrons. The molecule has 0 amide bonds. The van der Waals surface area contributed by atoms with Crippen LogP contribution in [0.2, 0.25) is 0 Å². The Morgan fingerprint density at radius 1 is 0.795 bits per heavy atom. The number of carboxylic acids is 2. The number of aliphatic carboxylic acids is 2. The van der Waals surface area contributed by atoms with Gasteiger partial charge in [0.25, 0.3) is 0 Å². The van der Waals surface area contributed by atoms with E-state index in [9.17, 15) is 10.2 Å². The van der Waals surface area contributed by atoms with Gasteiger partial charge in [0.15, 0.2) is 0 Å². The van der Waals surface area contributed by atoms with Gasteiger partial charge in [0, 0.05) is 35.5 Å². The molecule has 2 atom stereocenters. The number of aliphatic imine (C=N–C) groups is 2. The first kappa shape index (κ1) is 35.8. The van der Waals surface area contributed by atoms with Crippen LogP contribution in [0, 0.1) is 0 Å². The minimum atomic E-state index is -1.08. The van der Waals surface area contributed by atoms with Crippen molar-refractivity contribution in [3.63, 3.8) is 0 Å². The van der Waals surface area contributed by atoms with Crippen LogP contribution >= 0.6 is 0 Å². The molecule has 215 valence electrons. The normalized spacial score (nSPS) is 16.4. The van der Waals surface area contributed by atoms with Crippen molar-refractivity contribution in [1.82, 2.24) is 0 Å². The van der Waals surface area contributed by atoms with Crippen molar-refractivity contribution in [2.75, 3.05) is 0 Å². The van der Waals surface area contributed by atoms with Gasteiger partial charge >= 0.3 is 16.8 Å². The molecule has 39 heavy (non-hydrogen) atoms. The Kier molecular flexibility index (Phi) is 18.2. The van der Waals surface area contributed by atoms with E-state index in [0.717, 1.165) is 76.3 Å². The largest absolute Gasteiger partial charge is 2.00 e. The number of carboxylic acid groups (broad SMARTS) is 2. The molecule has 0 aromatic heterocycles. The van der Waals surface area contributed by atoms with Crippen LogP contribution in [-0.4, -0.2) is 46.7 Å². The fourth-order valence-electron chi connectivity index (χ4n) is 4.09. The summed E-state index contributed by atoms with van der Waals surface area (Å²) in [5, 5.41) is 38.2. The summed E-state index contributed by atoms with van der Waals surface area (Å²) >= 11 is 0. The standard InChI is InChI=1S/C26H34N2O2.2C2H4O2.Co/c1-3-7-19-11-13-25(29)21(15-19)17-27-23-9-5-6-10-24(23)28-18-22-16-20(8-4-2)12-14-26(22)30;2*1-2(3)4;/h11-18,23-24,29-30H,3-10H2,1-2H3;2*1H3,(H,3,4);/q;;;+2/p-2. The summed E-state index contributed by atoms with van der Waals surface area (Å²) in [6.07, 6.45) is 12.1. The number of carbonyl (C=O) groups is 2. The quantitative estimate of drug-likeness (QED) is 0.456. The molecule has 2 aromatic carbocycles. The molecular formula is C30H40CoN2O6. The molecule has 0 bridgehead atoms. The van der Waals surface area contributed by atoms with Crippen LogP contribution in [0.25, 0.3) is 0 Å². The Hall–Kier alpha value is -3.17. The van der Waals surface area contributed by atoms with Crippen molar-refractivity contribution in [1.29, 1.82) is 0 Å². The van der Waals surface area contributed by atoms with Crippen LogP contribution in [-0.2, 0) is 39.2 Å². The second-order valence-electron chi connectivity index (χ2n) is 9.24. The van der Waals surface area contributed by atoms with Crippen LogP contribution in [0.3, 0.4) is 0 Å². The maximum Gasteiger partial charge on any atom is 2.00 e. The average molecular weight is 584 g/mol. The molecule has 0 aliphatic heterocycles. The summed E-state index contributed by atoms with van der Waals surface area (Å²) in [4.78, 5) is 27.4. The van der Waals surface area contributed by atoms with Crippen LogP contribution in [0.15, 0.2) is 46.4 Å². The smallest absolute Gasteiger partial charge is 0.550 e. The van der Waals surface area contributed by atoms with Gasteiger partial charge in [0.1, 0.15) is 11.5 Å². The van der Waals surface area contributed by atoms with Gasteiger partial charge in [-0.05, 0) is 74.9 Å². The molecule has 2 aromatic rings. The topological polar surface area (TPSA) is 145 Å². The van der Waals surface area contributed by atoms with Gasteiger partial charge in [-0.1, -0.05) is 51.7 Å². The third-order valence-corrected chi connectivity index (χ3v) is 5.77. The summed E-state index contributed by atoms with van der Waals surface area (Å²) in [6.45, 7) is 6.25. The molecular weight excluding hydrogens is 543 g/mol. The number of rotatable bonds is 8. The number of carbonyl (C=O) groups excluding carboxylic acids is 2. The Morgan fingerprint density at radius 2 is 1.13 bits per heavy atom. The van der Waals surface area contributed by atoms with E-state index in [4.69, 9.17) is 29.8 Å². The first-order valence-corrected chi connectivity index (χ1v) is 13.1. The first-order valence-electron chi connectivity index (χ1n) is 13.1. The number of hydrogen-bond donors (Lipinski definition) is 2. The number of phenolic OH excluding ortho intramolecular Hbond substituents is 2. The summed E-state index contributed by atoms with van der Waals surface area (Å²) in [5.41, 5.74) is 3.99. The van der Waals surface area contributed by atoms with Gasteiger partial charge in [-0.3, -0.25) is 9.98 Å². The molecule has 1 saturated carbocycles. The molecule has 0 saturated heterocycles. The number of benzene rings is 2. The zero-order chi connectivity index (χ0) is 28.5. The van der Waals surface area contributed by atoms with Crippen LogP contribution < -0.4 is 10.2 Å². The number of hydrogen-bond acceptors (Lipinski definition) is 8. The van der Waals surface area contributed by atoms with Crippen LogP contribution in [0.1, 0.15) is 88.5 Å².